The standard InChI is InChI=1S/C16H15ClN4O2/c17-12-6-2-1-5-11(12)14-15(22)19-9-10-21(14)16(23)20-13-7-3-4-8-18-13/h1-8,14H,9-10H2,(H,19,22)(H,18,20,23)/t14-/m1/s1. The molecule has 6 nitrogen and oxygen atoms in total. The summed E-state index contributed by atoms with van der Waals surface area (Å²) in [5.74, 6) is 0.182. The molecule has 1 saturated heterocycles. The van der Waals surface area contributed by atoms with E-state index in [1.54, 1.807) is 48.7 Å². The Morgan fingerprint density at radius 3 is 2.78 bits per heavy atom. The maximum atomic E-state index is 12.6. The Morgan fingerprint density at radius 1 is 1.26 bits per heavy atom. The number of anilines is 1. The van der Waals surface area contributed by atoms with Gasteiger partial charge in [0, 0.05) is 29.9 Å². The predicted molar refractivity (Wildman–Crippen MR) is 87.2 cm³/mol. The normalized spacial score (nSPS) is 17.5. The van der Waals surface area contributed by atoms with Crippen LogP contribution >= 0.6 is 11.6 Å². The van der Waals surface area contributed by atoms with Crippen molar-refractivity contribution in [2.45, 2.75) is 6.04 Å². The third-order valence-electron chi connectivity index (χ3n) is 3.57. The quantitative estimate of drug-likeness (QED) is 0.888. The number of pyridine rings is 1. The third-order valence-corrected chi connectivity index (χ3v) is 3.92. The summed E-state index contributed by atoms with van der Waals surface area (Å²) in [5, 5.41) is 5.93. The molecule has 1 aromatic carbocycles. The maximum absolute atomic E-state index is 12.6. The molecule has 0 radical (unpaired) electrons. The van der Waals surface area contributed by atoms with Crippen molar-refractivity contribution < 1.29 is 9.59 Å². The highest BCUT2D eigenvalue weighted by molar-refractivity contribution is 6.31. The average molecular weight is 331 g/mol. The summed E-state index contributed by atoms with van der Waals surface area (Å²) < 4.78 is 0. The SMILES string of the molecule is O=C1NCCN(C(=O)Nc2ccccn2)[C@@H]1c1ccccc1Cl. The minimum absolute atomic E-state index is 0.250. The Balaban J connectivity index is 1.88. The fourth-order valence-corrected chi connectivity index (χ4v) is 2.75. The number of carbonyl (C=O) groups excluding carboxylic acids is 2. The number of benzene rings is 1. The van der Waals surface area contributed by atoms with E-state index in [1.165, 1.54) is 4.90 Å². The summed E-state index contributed by atoms with van der Waals surface area (Å²) in [4.78, 5) is 30.4. The summed E-state index contributed by atoms with van der Waals surface area (Å²) in [5.41, 5.74) is 0.600. The highest BCUT2D eigenvalue weighted by Crippen LogP contribution is 2.29. The van der Waals surface area contributed by atoms with Crippen molar-refractivity contribution in [2.24, 2.45) is 0 Å². The second-order valence-corrected chi connectivity index (χ2v) is 5.46. The lowest BCUT2D eigenvalue weighted by Crippen LogP contribution is -2.53. The van der Waals surface area contributed by atoms with Gasteiger partial charge in [0.1, 0.15) is 11.9 Å². The van der Waals surface area contributed by atoms with Gasteiger partial charge in [-0.2, -0.15) is 0 Å². The number of hydrogen-bond donors (Lipinski definition) is 2. The van der Waals surface area contributed by atoms with Gasteiger partial charge in [0.15, 0.2) is 0 Å². The molecule has 1 atom stereocenters. The minimum Gasteiger partial charge on any atom is -0.352 e. The van der Waals surface area contributed by atoms with Gasteiger partial charge < -0.3 is 10.2 Å². The molecule has 0 unspecified atom stereocenters. The van der Waals surface area contributed by atoms with Crippen LogP contribution in [-0.4, -0.2) is 34.9 Å². The summed E-state index contributed by atoms with van der Waals surface area (Å²) in [7, 11) is 0. The van der Waals surface area contributed by atoms with E-state index in [1.807, 2.05) is 0 Å². The van der Waals surface area contributed by atoms with Gasteiger partial charge in [-0.05, 0) is 18.2 Å². The van der Waals surface area contributed by atoms with Gasteiger partial charge in [-0.3, -0.25) is 10.1 Å². The highest BCUT2D eigenvalue weighted by Gasteiger charge is 2.35. The molecule has 0 aliphatic carbocycles. The van der Waals surface area contributed by atoms with Crippen LogP contribution < -0.4 is 10.6 Å². The van der Waals surface area contributed by atoms with E-state index in [2.05, 4.69) is 15.6 Å². The van der Waals surface area contributed by atoms with Crippen LogP contribution in [0.2, 0.25) is 5.02 Å². The van der Waals surface area contributed by atoms with E-state index >= 15 is 0 Å². The lowest BCUT2D eigenvalue weighted by molar-refractivity contribution is -0.127. The van der Waals surface area contributed by atoms with Crippen molar-refractivity contribution in [3.63, 3.8) is 0 Å². The second-order valence-electron chi connectivity index (χ2n) is 5.05. The number of rotatable bonds is 2. The van der Waals surface area contributed by atoms with Crippen LogP contribution in [0.15, 0.2) is 48.7 Å². The molecule has 1 aliphatic rings. The molecule has 0 spiro atoms. The van der Waals surface area contributed by atoms with E-state index in [0.717, 1.165) is 0 Å². The first-order valence-electron chi connectivity index (χ1n) is 7.17. The molecule has 0 bridgehead atoms. The Kier molecular flexibility index (Phi) is 4.43. The molecular formula is C16H15ClN4O2. The first kappa shape index (κ1) is 15.3. The first-order valence-corrected chi connectivity index (χ1v) is 7.55. The van der Waals surface area contributed by atoms with Gasteiger partial charge in [0.25, 0.3) is 0 Å². The van der Waals surface area contributed by atoms with Crippen molar-refractivity contribution in [3.8, 4) is 0 Å². The highest BCUT2D eigenvalue weighted by atomic mass is 35.5. The number of nitrogens with one attached hydrogen (secondary N) is 2. The molecule has 2 heterocycles. The Hall–Kier alpha value is -2.60. The number of halogens is 1. The molecule has 118 valence electrons. The molecule has 23 heavy (non-hydrogen) atoms. The summed E-state index contributed by atoms with van der Waals surface area (Å²) in [6.07, 6.45) is 1.59. The largest absolute Gasteiger partial charge is 0.352 e. The van der Waals surface area contributed by atoms with Crippen LogP contribution in [0.3, 0.4) is 0 Å². The lowest BCUT2D eigenvalue weighted by Gasteiger charge is -2.35. The van der Waals surface area contributed by atoms with Gasteiger partial charge in [-0.15, -0.1) is 0 Å². The summed E-state index contributed by atoms with van der Waals surface area (Å²) in [6.45, 7) is 0.787. The van der Waals surface area contributed by atoms with E-state index < -0.39 is 6.04 Å². The molecule has 2 N–H and O–H groups in total. The average Bonchev–Trinajstić information content (AvgIpc) is 2.56. The van der Waals surface area contributed by atoms with Gasteiger partial charge >= 0.3 is 6.03 Å². The van der Waals surface area contributed by atoms with Crippen molar-refractivity contribution in [1.29, 1.82) is 0 Å². The molecule has 2 aromatic rings. The zero-order valence-electron chi connectivity index (χ0n) is 12.2. The first-order chi connectivity index (χ1) is 11.2. The Labute approximate surface area is 138 Å². The Bertz CT molecular complexity index is 723. The molecular weight excluding hydrogens is 316 g/mol. The number of carbonyl (C=O) groups is 2. The smallest absolute Gasteiger partial charge is 0.324 e. The van der Waals surface area contributed by atoms with E-state index in [-0.39, 0.29) is 11.9 Å². The van der Waals surface area contributed by atoms with Crippen molar-refractivity contribution in [3.05, 3.63) is 59.2 Å². The van der Waals surface area contributed by atoms with E-state index in [9.17, 15) is 9.59 Å². The number of piperazine rings is 1. The third kappa shape index (κ3) is 3.27. The van der Waals surface area contributed by atoms with Crippen LogP contribution in [0.5, 0.6) is 0 Å². The number of urea groups is 1. The fraction of sp³-hybridized carbons (Fsp3) is 0.188. The Morgan fingerprint density at radius 2 is 2.04 bits per heavy atom. The predicted octanol–water partition coefficient (Wildman–Crippen LogP) is 2.44. The van der Waals surface area contributed by atoms with Gasteiger partial charge in [-0.1, -0.05) is 35.9 Å². The van der Waals surface area contributed by atoms with Crippen LogP contribution in [0, 0.1) is 0 Å². The van der Waals surface area contributed by atoms with E-state index in [4.69, 9.17) is 11.6 Å². The number of amides is 3. The topological polar surface area (TPSA) is 74.3 Å². The number of nitrogens with zero attached hydrogens (tertiary/aromatic N) is 2. The molecule has 0 saturated carbocycles. The summed E-state index contributed by atoms with van der Waals surface area (Å²) >= 11 is 6.20. The molecule has 1 fully saturated rings. The minimum atomic E-state index is -0.763. The number of aromatic nitrogens is 1. The van der Waals surface area contributed by atoms with Gasteiger partial charge in [0.2, 0.25) is 5.91 Å². The fourth-order valence-electron chi connectivity index (χ4n) is 2.51. The van der Waals surface area contributed by atoms with Crippen molar-refractivity contribution >= 4 is 29.4 Å². The molecule has 3 rings (SSSR count). The van der Waals surface area contributed by atoms with Crippen LogP contribution in [0.1, 0.15) is 11.6 Å². The van der Waals surface area contributed by atoms with Gasteiger partial charge in [0.05, 0.1) is 0 Å². The summed E-state index contributed by atoms with van der Waals surface area (Å²) in [6, 6.07) is 11.1. The second kappa shape index (κ2) is 6.66. The molecule has 3 amide bonds. The number of hydrogen-bond acceptors (Lipinski definition) is 3. The van der Waals surface area contributed by atoms with Crippen LogP contribution in [0.4, 0.5) is 10.6 Å². The van der Waals surface area contributed by atoms with Crippen molar-refractivity contribution in [1.82, 2.24) is 15.2 Å². The molecule has 7 heteroatoms. The monoisotopic (exact) mass is 330 g/mol. The maximum Gasteiger partial charge on any atom is 0.324 e. The zero-order chi connectivity index (χ0) is 16.2. The van der Waals surface area contributed by atoms with Crippen LogP contribution in [0.25, 0.3) is 0 Å². The molecule has 1 aromatic heterocycles. The van der Waals surface area contributed by atoms with E-state index in [0.29, 0.717) is 29.5 Å². The zero-order valence-corrected chi connectivity index (χ0v) is 13.0. The van der Waals surface area contributed by atoms with Crippen molar-refractivity contribution in [2.75, 3.05) is 18.4 Å². The lowest BCUT2D eigenvalue weighted by atomic mass is 10.0. The van der Waals surface area contributed by atoms with Crippen LogP contribution in [-0.2, 0) is 4.79 Å². The molecule has 1 aliphatic heterocycles. The van der Waals surface area contributed by atoms with Gasteiger partial charge in [-0.25, -0.2) is 9.78 Å².